The molecule has 102 valence electrons. The van der Waals surface area contributed by atoms with Crippen molar-refractivity contribution in [2.45, 2.75) is 84.4 Å². The van der Waals surface area contributed by atoms with Gasteiger partial charge in [-0.3, -0.25) is 0 Å². The standard InChI is InChI=1S/C15H31NO/c1-14(2,3)16-13-9-7-12(8-10-13)11-17-15(4,5)6/h12-13,16H,7-11H2,1-6H3/t12-,13-. The van der Waals surface area contributed by atoms with Gasteiger partial charge in [0.1, 0.15) is 0 Å². The van der Waals surface area contributed by atoms with E-state index in [2.05, 4.69) is 46.9 Å². The highest BCUT2D eigenvalue weighted by molar-refractivity contribution is 4.83. The van der Waals surface area contributed by atoms with Crippen molar-refractivity contribution in [2.24, 2.45) is 5.92 Å². The third kappa shape index (κ3) is 7.05. The minimum absolute atomic E-state index is 0.0144. The lowest BCUT2D eigenvalue weighted by Gasteiger charge is -2.35. The summed E-state index contributed by atoms with van der Waals surface area (Å²) < 4.78 is 5.88. The maximum Gasteiger partial charge on any atom is 0.0598 e. The molecule has 0 atom stereocenters. The third-order valence-electron chi connectivity index (χ3n) is 3.24. The van der Waals surface area contributed by atoms with Crippen LogP contribution in [-0.4, -0.2) is 23.8 Å². The number of hydrogen-bond acceptors (Lipinski definition) is 2. The Kier molecular flexibility index (Phi) is 5.03. The molecule has 0 bridgehead atoms. The second-order valence-corrected chi connectivity index (χ2v) is 7.54. The Morgan fingerprint density at radius 1 is 0.941 bits per heavy atom. The fourth-order valence-electron chi connectivity index (χ4n) is 2.45. The first-order valence-corrected chi connectivity index (χ1v) is 7.07. The monoisotopic (exact) mass is 241 g/mol. The van der Waals surface area contributed by atoms with Crippen molar-refractivity contribution in [3.63, 3.8) is 0 Å². The lowest BCUT2D eigenvalue weighted by atomic mass is 9.85. The zero-order valence-electron chi connectivity index (χ0n) is 12.6. The molecule has 0 aromatic heterocycles. The predicted molar refractivity (Wildman–Crippen MR) is 74.3 cm³/mol. The summed E-state index contributed by atoms with van der Waals surface area (Å²) in [4.78, 5) is 0. The van der Waals surface area contributed by atoms with E-state index in [9.17, 15) is 0 Å². The average molecular weight is 241 g/mol. The van der Waals surface area contributed by atoms with Crippen LogP contribution in [0.3, 0.4) is 0 Å². The maximum atomic E-state index is 5.88. The van der Waals surface area contributed by atoms with E-state index in [4.69, 9.17) is 4.74 Å². The molecular weight excluding hydrogens is 210 g/mol. The van der Waals surface area contributed by atoms with Gasteiger partial charge in [-0.15, -0.1) is 0 Å². The number of ether oxygens (including phenoxy) is 1. The molecule has 17 heavy (non-hydrogen) atoms. The van der Waals surface area contributed by atoms with Gasteiger partial charge in [0.15, 0.2) is 0 Å². The van der Waals surface area contributed by atoms with Gasteiger partial charge in [-0.1, -0.05) is 0 Å². The van der Waals surface area contributed by atoms with Gasteiger partial charge in [0, 0.05) is 11.6 Å². The van der Waals surface area contributed by atoms with Crippen molar-refractivity contribution in [3.8, 4) is 0 Å². The Morgan fingerprint density at radius 3 is 1.88 bits per heavy atom. The van der Waals surface area contributed by atoms with Gasteiger partial charge >= 0.3 is 0 Å². The van der Waals surface area contributed by atoms with Gasteiger partial charge in [0.2, 0.25) is 0 Å². The Balaban J connectivity index is 2.22. The van der Waals surface area contributed by atoms with E-state index in [1.165, 1.54) is 25.7 Å². The van der Waals surface area contributed by atoms with Crippen molar-refractivity contribution >= 4 is 0 Å². The summed E-state index contributed by atoms with van der Waals surface area (Å²) in [5.41, 5.74) is 0.264. The fourth-order valence-corrected chi connectivity index (χ4v) is 2.45. The van der Waals surface area contributed by atoms with Crippen LogP contribution in [0.4, 0.5) is 0 Å². The predicted octanol–water partition coefficient (Wildman–Crippen LogP) is 3.75. The molecule has 0 aromatic carbocycles. The van der Waals surface area contributed by atoms with Crippen LogP contribution in [0.15, 0.2) is 0 Å². The lowest BCUT2D eigenvalue weighted by Crippen LogP contribution is -2.45. The molecule has 2 heteroatoms. The van der Waals surface area contributed by atoms with E-state index in [0.29, 0.717) is 6.04 Å². The highest BCUT2D eigenvalue weighted by atomic mass is 16.5. The molecule has 0 aliphatic heterocycles. The summed E-state index contributed by atoms with van der Waals surface area (Å²) >= 11 is 0. The molecule has 1 aliphatic carbocycles. The Bertz CT molecular complexity index is 216. The molecule has 0 amide bonds. The van der Waals surface area contributed by atoms with E-state index in [-0.39, 0.29) is 11.1 Å². The normalized spacial score (nSPS) is 27.2. The molecule has 0 unspecified atom stereocenters. The minimum atomic E-state index is 0.0144. The highest BCUT2D eigenvalue weighted by Crippen LogP contribution is 2.26. The van der Waals surface area contributed by atoms with Gasteiger partial charge in [-0.2, -0.15) is 0 Å². The van der Waals surface area contributed by atoms with E-state index in [0.717, 1.165) is 12.5 Å². The van der Waals surface area contributed by atoms with E-state index in [1.807, 2.05) is 0 Å². The van der Waals surface area contributed by atoms with Crippen molar-refractivity contribution in [1.82, 2.24) is 5.32 Å². The highest BCUT2D eigenvalue weighted by Gasteiger charge is 2.25. The van der Waals surface area contributed by atoms with Crippen molar-refractivity contribution in [2.75, 3.05) is 6.61 Å². The zero-order chi connectivity index (χ0) is 13.1. The molecule has 1 N–H and O–H groups in total. The summed E-state index contributed by atoms with van der Waals surface area (Å²) in [5.74, 6) is 0.771. The van der Waals surface area contributed by atoms with Crippen LogP contribution < -0.4 is 5.32 Å². The second kappa shape index (κ2) is 5.71. The van der Waals surface area contributed by atoms with Gasteiger partial charge in [0.25, 0.3) is 0 Å². The SMILES string of the molecule is CC(C)(C)N[C@H]1CC[C@H](COC(C)(C)C)CC1. The van der Waals surface area contributed by atoms with Crippen molar-refractivity contribution in [3.05, 3.63) is 0 Å². The molecule has 0 spiro atoms. The second-order valence-electron chi connectivity index (χ2n) is 7.54. The number of rotatable bonds is 3. The summed E-state index contributed by atoms with van der Waals surface area (Å²) in [7, 11) is 0. The molecule has 2 nitrogen and oxygen atoms in total. The lowest BCUT2D eigenvalue weighted by molar-refractivity contribution is -0.0293. The maximum absolute atomic E-state index is 5.88. The van der Waals surface area contributed by atoms with Crippen LogP contribution in [0.25, 0.3) is 0 Å². The number of nitrogens with one attached hydrogen (secondary N) is 1. The molecule has 0 saturated heterocycles. The summed E-state index contributed by atoms with van der Waals surface area (Å²) in [6.45, 7) is 14.1. The fraction of sp³-hybridized carbons (Fsp3) is 1.00. The molecule has 0 heterocycles. The summed E-state index contributed by atoms with van der Waals surface area (Å²) in [5, 5.41) is 3.71. The first-order chi connectivity index (χ1) is 7.66. The number of hydrogen-bond donors (Lipinski definition) is 1. The topological polar surface area (TPSA) is 21.3 Å². The first kappa shape index (κ1) is 15.0. The Hall–Kier alpha value is -0.0800. The van der Waals surface area contributed by atoms with E-state index >= 15 is 0 Å². The van der Waals surface area contributed by atoms with Crippen LogP contribution >= 0.6 is 0 Å². The first-order valence-electron chi connectivity index (χ1n) is 7.07. The summed E-state index contributed by atoms with van der Waals surface area (Å²) in [6.07, 6.45) is 5.22. The largest absolute Gasteiger partial charge is 0.376 e. The van der Waals surface area contributed by atoms with Crippen LogP contribution in [0.5, 0.6) is 0 Å². The molecule has 0 radical (unpaired) electrons. The van der Waals surface area contributed by atoms with E-state index in [1.54, 1.807) is 0 Å². The van der Waals surface area contributed by atoms with E-state index < -0.39 is 0 Å². The van der Waals surface area contributed by atoms with Crippen LogP contribution in [0.1, 0.15) is 67.2 Å². The molecule has 1 fully saturated rings. The van der Waals surface area contributed by atoms with Gasteiger partial charge in [-0.25, -0.2) is 0 Å². The summed E-state index contributed by atoms with van der Waals surface area (Å²) in [6, 6.07) is 0.709. The van der Waals surface area contributed by atoms with Crippen LogP contribution in [-0.2, 0) is 4.74 Å². The molecular formula is C15H31NO. The van der Waals surface area contributed by atoms with Crippen molar-refractivity contribution in [1.29, 1.82) is 0 Å². The average Bonchev–Trinajstić information content (AvgIpc) is 2.13. The molecule has 1 rings (SSSR count). The minimum Gasteiger partial charge on any atom is -0.376 e. The van der Waals surface area contributed by atoms with Crippen LogP contribution in [0.2, 0.25) is 0 Å². The van der Waals surface area contributed by atoms with Crippen LogP contribution in [0, 0.1) is 5.92 Å². The molecule has 0 aromatic rings. The van der Waals surface area contributed by atoms with Crippen molar-refractivity contribution < 1.29 is 4.74 Å². The van der Waals surface area contributed by atoms with Gasteiger partial charge in [-0.05, 0) is 73.1 Å². The van der Waals surface area contributed by atoms with Gasteiger partial charge in [0.05, 0.1) is 12.2 Å². The third-order valence-corrected chi connectivity index (χ3v) is 3.24. The van der Waals surface area contributed by atoms with Gasteiger partial charge < -0.3 is 10.1 Å². The quantitative estimate of drug-likeness (QED) is 0.812. The molecule has 1 saturated carbocycles. The Labute approximate surface area is 108 Å². The zero-order valence-corrected chi connectivity index (χ0v) is 12.6. The Morgan fingerprint density at radius 2 is 1.47 bits per heavy atom. The molecule has 1 aliphatic rings. The smallest absolute Gasteiger partial charge is 0.0598 e.